The first kappa shape index (κ1) is 4.69. The molecule has 0 fully saturated rings. The van der Waals surface area contributed by atoms with Crippen LogP contribution >= 0.6 is 0 Å². The maximum absolute atomic E-state index is 9.89. The van der Waals surface area contributed by atoms with Gasteiger partial charge in [-0.2, -0.15) is 0 Å². The average molecular weight is 119 g/mol. The van der Waals surface area contributed by atoms with Crippen molar-refractivity contribution in [2.24, 2.45) is 0 Å². The fourth-order valence-electron chi connectivity index (χ4n) is 0.235. The molecule has 0 amide bonds. The number of hydrogen-bond donors (Lipinski definition) is 1. The van der Waals surface area contributed by atoms with E-state index in [-0.39, 0.29) is 5.08 Å². The Morgan fingerprint density at radius 1 is 1.25 bits per heavy atom. The Kier molecular flexibility index (Phi) is 0.736. The molecule has 6 heteroatoms. The van der Waals surface area contributed by atoms with Crippen molar-refractivity contribution in [3.8, 4) is 0 Å². The third kappa shape index (κ3) is 0.512. The third-order valence-electron chi connectivity index (χ3n) is 0.489. The second-order valence-electron chi connectivity index (χ2n) is 0.995. The van der Waals surface area contributed by atoms with Crippen molar-refractivity contribution < 1.29 is 14.3 Å². The molecule has 0 bridgehead atoms. The molecule has 1 aromatic rings. The Morgan fingerprint density at radius 3 is 1.75 bits per heavy atom. The van der Waals surface area contributed by atoms with Crippen molar-refractivity contribution in [3.63, 3.8) is 0 Å². The third-order valence-corrected chi connectivity index (χ3v) is 0.489. The number of rotatable bonds is 0. The van der Waals surface area contributed by atoms with E-state index in [4.69, 9.17) is 5.21 Å². The summed E-state index contributed by atoms with van der Waals surface area (Å²) in [5, 5.41) is 7.72. The van der Waals surface area contributed by atoms with Crippen LogP contribution in [0.15, 0.2) is 18.6 Å². The lowest BCUT2D eigenvalue weighted by Gasteiger charge is -1.71. The summed E-state index contributed by atoms with van der Waals surface area (Å²) in [5.74, 6) is 0. The van der Waals surface area contributed by atoms with Gasteiger partial charge in [0, 0.05) is 0 Å². The van der Waals surface area contributed by atoms with Crippen LogP contribution in [0.1, 0.15) is 0 Å². The van der Waals surface area contributed by atoms with Crippen LogP contribution in [0.25, 0.3) is 0 Å². The Bertz CT molecular complexity index is 248. The summed E-state index contributed by atoms with van der Waals surface area (Å²) in [6, 6.07) is 0. The zero-order chi connectivity index (χ0) is 6.15. The topological polar surface area (TPSA) is 85.6 Å². The second kappa shape index (κ2) is 1.25. The molecule has 0 aliphatic carbocycles. The van der Waals surface area contributed by atoms with Crippen LogP contribution in [0.3, 0.4) is 0 Å². The summed E-state index contributed by atoms with van der Waals surface area (Å²) in [6.45, 7) is 0. The van der Waals surface area contributed by atoms with E-state index in [1.165, 1.54) is 0 Å². The van der Waals surface area contributed by atoms with Gasteiger partial charge in [0.25, 0.3) is 0 Å². The van der Waals surface area contributed by atoms with Crippen LogP contribution in [-0.2, 0) is 0 Å². The fraction of sp³-hybridized carbons (Fsp3) is 0. The van der Waals surface area contributed by atoms with Gasteiger partial charge in [0.2, 0.25) is 0 Å². The lowest BCUT2D eigenvalue weighted by Crippen LogP contribution is -2.14. The van der Waals surface area contributed by atoms with E-state index in [1.54, 1.807) is 0 Å². The van der Waals surface area contributed by atoms with Gasteiger partial charge in [-0.25, -0.2) is 9.59 Å². The van der Waals surface area contributed by atoms with Crippen molar-refractivity contribution in [3.05, 3.63) is 20.8 Å². The first-order valence-corrected chi connectivity index (χ1v) is 1.63. The molecule has 44 valence electrons. The first-order chi connectivity index (χ1) is 3.70. The van der Waals surface area contributed by atoms with Crippen LogP contribution in [0.5, 0.6) is 0 Å². The fourth-order valence-corrected chi connectivity index (χ4v) is 0.235. The van der Waals surface area contributed by atoms with Gasteiger partial charge in [0.05, 0.1) is 0 Å². The SMILES string of the molecule is O=c1on(O)oc1=O. The summed E-state index contributed by atoms with van der Waals surface area (Å²) >= 11 is 0. The molecule has 1 aromatic heterocycles. The molecule has 1 rings (SSSR count). The molecule has 0 atom stereocenters. The van der Waals surface area contributed by atoms with E-state index in [0.29, 0.717) is 0 Å². The number of aromatic nitrogens is 1. The molecular formula is C2HNO5. The quantitative estimate of drug-likeness (QED) is 0.336. The van der Waals surface area contributed by atoms with Crippen LogP contribution in [-0.4, -0.2) is 10.3 Å². The average Bonchev–Trinajstić information content (AvgIpc) is 1.85. The monoisotopic (exact) mass is 119 g/mol. The Hall–Kier alpha value is -1.46. The van der Waals surface area contributed by atoms with Gasteiger partial charge >= 0.3 is 11.3 Å². The molecule has 0 saturated carbocycles. The highest BCUT2D eigenvalue weighted by Crippen LogP contribution is 1.62. The first-order valence-electron chi connectivity index (χ1n) is 1.63. The summed E-state index contributed by atoms with van der Waals surface area (Å²) in [5.41, 5.74) is -2.46. The molecule has 6 nitrogen and oxygen atoms in total. The van der Waals surface area contributed by atoms with Crippen LogP contribution in [0, 0.1) is 0 Å². The molecule has 0 aliphatic heterocycles. The van der Waals surface area contributed by atoms with E-state index in [9.17, 15) is 9.59 Å². The summed E-state index contributed by atoms with van der Waals surface area (Å²) in [4.78, 5) is 19.8. The normalized spacial score (nSPS) is 9.50. The largest absolute Gasteiger partial charge is 0.449 e. The van der Waals surface area contributed by atoms with Crippen molar-refractivity contribution in [1.82, 2.24) is 5.08 Å². The van der Waals surface area contributed by atoms with Gasteiger partial charge in [0.15, 0.2) is 0 Å². The molecule has 0 unspecified atom stereocenters. The van der Waals surface area contributed by atoms with Crippen molar-refractivity contribution in [1.29, 1.82) is 0 Å². The predicted molar refractivity (Wildman–Crippen MR) is 18.7 cm³/mol. The van der Waals surface area contributed by atoms with E-state index in [1.807, 2.05) is 0 Å². The molecular weight excluding hydrogens is 118 g/mol. The zero-order valence-corrected chi connectivity index (χ0v) is 3.53. The molecule has 0 spiro atoms. The van der Waals surface area contributed by atoms with Gasteiger partial charge in [-0.05, 0) is 0 Å². The van der Waals surface area contributed by atoms with Gasteiger partial charge in [0.1, 0.15) is 5.08 Å². The maximum Gasteiger partial charge on any atom is 0.449 e. The lowest BCUT2D eigenvalue weighted by atomic mass is 11.0. The summed E-state index contributed by atoms with van der Waals surface area (Å²) < 4.78 is 7.30. The van der Waals surface area contributed by atoms with Crippen molar-refractivity contribution in [2.45, 2.75) is 0 Å². The highest BCUT2D eigenvalue weighted by atomic mass is 16.9. The van der Waals surface area contributed by atoms with E-state index < -0.39 is 11.3 Å². The van der Waals surface area contributed by atoms with Gasteiger partial charge in [-0.3, -0.25) is 9.05 Å². The summed E-state index contributed by atoms with van der Waals surface area (Å²) in [6.07, 6.45) is 0. The van der Waals surface area contributed by atoms with Crippen LogP contribution in [0.2, 0.25) is 0 Å². The van der Waals surface area contributed by atoms with E-state index in [0.717, 1.165) is 0 Å². The van der Waals surface area contributed by atoms with Crippen LogP contribution in [0.4, 0.5) is 0 Å². The molecule has 0 aliphatic rings. The maximum atomic E-state index is 9.89. The minimum Gasteiger partial charge on any atom is -0.372 e. The molecule has 0 aromatic carbocycles. The molecule has 0 saturated heterocycles. The van der Waals surface area contributed by atoms with Crippen LogP contribution < -0.4 is 11.3 Å². The minimum absolute atomic E-state index is 0.301. The Morgan fingerprint density at radius 2 is 1.62 bits per heavy atom. The second-order valence-corrected chi connectivity index (χ2v) is 0.995. The number of hydrogen-bond acceptors (Lipinski definition) is 5. The predicted octanol–water partition coefficient (Wildman–Crippen LogP) is -1.37. The lowest BCUT2D eigenvalue weighted by molar-refractivity contribution is -0.128. The smallest absolute Gasteiger partial charge is 0.372 e. The van der Waals surface area contributed by atoms with Crippen molar-refractivity contribution >= 4 is 0 Å². The van der Waals surface area contributed by atoms with Gasteiger partial charge < -0.3 is 5.21 Å². The Balaban J connectivity index is 3.59. The Labute approximate surface area is 41.4 Å². The van der Waals surface area contributed by atoms with Gasteiger partial charge in [-0.1, -0.05) is 0 Å². The molecule has 8 heavy (non-hydrogen) atoms. The molecule has 1 heterocycles. The van der Waals surface area contributed by atoms with Crippen molar-refractivity contribution in [2.75, 3.05) is 0 Å². The molecule has 0 radical (unpaired) electrons. The zero-order valence-electron chi connectivity index (χ0n) is 3.53. The minimum atomic E-state index is -1.23. The molecule has 1 N–H and O–H groups in total. The number of nitrogens with zero attached hydrogens (tertiary/aromatic N) is 1. The highest BCUT2D eigenvalue weighted by molar-refractivity contribution is 4.55. The standard InChI is InChI=1S/C2HNO5/c4-1-2(5)8-3(6)7-1/h6H. The van der Waals surface area contributed by atoms with E-state index in [2.05, 4.69) is 9.05 Å². The van der Waals surface area contributed by atoms with Gasteiger partial charge in [-0.15, -0.1) is 0 Å². The summed E-state index contributed by atoms with van der Waals surface area (Å²) in [7, 11) is 0. The van der Waals surface area contributed by atoms with E-state index >= 15 is 0 Å². The highest BCUT2D eigenvalue weighted by Gasteiger charge is 2.00.